The van der Waals surface area contributed by atoms with Crippen molar-refractivity contribution in [2.45, 2.75) is 106 Å². The summed E-state index contributed by atoms with van der Waals surface area (Å²) in [5, 5.41) is 7.42. The molecule has 0 aliphatic heterocycles. The molecule has 1 unspecified atom stereocenters. The van der Waals surface area contributed by atoms with Gasteiger partial charge in [-0.05, 0) is 65.1 Å². The molecule has 0 saturated heterocycles. The van der Waals surface area contributed by atoms with Crippen LogP contribution in [0.3, 0.4) is 0 Å². The van der Waals surface area contributed by atoms with E-state index in [1.54, 1.807) is 6.92 Å². The number of aldehydes is 1. The Labute approximate surface area is 248 Å². The van der Waals surface area contributed by atoms with Crippen molar-refractivity contribution in [3.8, 4) is 12.3 Å². The van der Waals surface area contributed by atoms with Crippen LogP contribution in [-0.4, -0.2) is 39.1 Å². The summed E-state index contributed by atoms with van der Waals surface area (Å²) in [6.45, 7) is 22.6. The molecule has 0 aliphatic carbocycles. The molecule has 0 amide bonds. The van der Waals surface area contributed by atoms with Crippen LogP contribution in [0.1, 0.15) is 100 Å². The molecule has 0 saturated carbocycles. The average molecular weight is 565 g/mol. The number of terminal acetylenes is 1. The molecule has 0 radical (unpaired) electrons. The fourth-order valence-electron chi connectivity index (χ4n) is 2.71. The van der Waals surface area contributed by atoms with Crippen LogP contribution in [0.5, 0.6) is 0 Å². The van der Waals surface area contributed by atoms with Gasteiger partial charge in [0.1, 0.15) is 12.9 Å². The molecule has 0 spiro atoms. The summed E-state index contributed by atoms with van der Waals surface area (Å²) in [5.74, 6) is 3.87. The lowest BCUT2D eigenvalue weighted by molar-refractivity contribution is -0.108. The molecule has 0 aliphatic rings. The van der Waals surface area contributed by atoms with E-state index in [0.29, 0.717) is 25.0 Å². The van der Waals surface area contributed by atoms with Gasteiger partial charge in [-0.25, -0.2) is 0 Å². The van der Waals surface area contributed by atoms with E-state index in [4.69, 9.17) is 16.3 Å². The van der Waals surface area contributed by atoms with Gasteiger partial charge < -0.3 is 20.2 Å². The molecule has 4 nitrogen and oxygen atoms in total. The van der Waals surface area contributed by atoms with Gasteiger partial charge in [0, 0.05) is 36.9 Å². The molecule has 0 aromatic carbocycles. The third-order valence-electron chi connectivity index (χ3n) is 5.00. The van der Waals surface area contributed by atoms with Gasteiger partial charge in [-0.15, -0.1) is 18.9 Å². The van der Waals surface area contributed by atoms with E-state index >= 15 is 0 Å². The number of hydrogen-bond donors (Lipinski definition) is 2. The first-order valence-electron chi connectivity index (χ1n) is 14.4. The summed E-state index contributed by atoms with van der Waals surface area (Å²) < 4.78 is 6.05. The standard InChI is InChI=1S/C23H38ClNO.C5H10O.C3H9N.C3H4/c1-6-10-11-12-16-21(19-25-20(5)15-7-2)23(9-4)26-18-14-13-17-22(24)8-3;1-5(2)3-4-6;1-3-4-2;1-3-2/h6,8,11-14,20,25H,1,7,9-10,15-19H2,2-5H3;4-5H,3H2,1-2H3;4H,3H2,1-2H3;1H,2H3/b12-11-,14-13-,22-8+,23-21-;;;. The van der Waals surface area contributed by atoms with Gasteiger partial charge in [0.05, 0.1) is 5.76 Å². The fourth-order valence-corrected chi connectivity index (χ4v) is 2.80. The third-order valence-corrected chi connectivity index (χ3v) is 5.37. The predicted octanol–water partition coefficient (Wildman–Crippen LogP) is 9.15. The van der Waals surface area contributed by atoms with Crippen molar-refractivity contribution in [2.75, 3.05) is 26.7 Å². The molecule has 0 bridgehead atoms. The van der Waals surface area contributed by atoms with Crippen molar-refractivity contribution in [1.82, 2.24) is 10.6 Å². The van der Waals surface area contributed by atoms with Crippen LogP contribution in [-0.2, 0) is 9.53 Å². The Bertz CT molecular complexity index is 698. The van der Waals surface area contributed by atoms with Gasteiger partial charge in [-0.1, -0.05) is 89.1 Å². The second-order valence-corrected chi connectivity index (χ2v) is 9.65. The SMILES string of the molecule is C#CC.C=CC/C=C\C/C(CNC(C)CCC)=C(\CC)OC/C=C\C/C(Cl)=C\C.CC(C)CC=O.CCNC. The van der Waals surface area contributed by atoms with Crippen molar-refractivity contribution in [3.63, 3.8) is 0 Å². The quantitative estimate of drug-likeness (QED) is 0.0754. The van der Waals surface area contributed by atoms with Crippen molar-refractivity contribution < 1.29 is 9.53 Å². The molecule has 1 atom stereocenters. The lowest BCUT2D eigenvalue weighted by Gasteiger charge is -2.18. The molecule has 0 fully saturated rings. The average Bonchev–Trinajstić information content (AvgIpc) is 2.91. The Morgan fingerprint density at radius 1 is 1.10 bits per heavy atom. The summed E-state index contributed by atoms with van der Waals surface area (Å²) in [7, 11) is 1.93. The molecule has 226 valence electrons. The van der Waals surface area contributed by atoms with Gasteiger partial charge in [0.15, 0.2) is 0 Å². The number of carbonyl (C=O) groups is 1. The van der Waals surface area contributed by atoms with Crippen molar-refractivity contribution in [1.29, 1.82) is 0 Å². The smallest absolute Gasteiger partial charge is 0.120 e. The van der Waals surface area contributed by atoms with E-state index in [-0.39, 0.29) is 0 Å². The van der Waals surface area contributed by atoms with E-state index in [1.807, 2.05) is 46.0 Å². The Morgan fingerprint density at radius 3 is 2.10 bits per heavy atom. The van der Waals surface area contributed by atoms with Crippen LogP contribution in [0.15, 0.2) is 59.4 Å². The number of nitrogens with one attached hydrogen (secondary N) is 2. The number of allylic oxidation sites excluding steroid dienone is 7. The minimum atomic E-state index is 0.521. The zero-order valence-corrected chi connectivity index (χ0v) is 27.5. The Balaban J connectivity index is -0.000000388. The van der Waals surface area contributed by atoms with Gasteiger partial charge in [-0.2, -0.15) is 0 Å². The number of hydrogen-bond acceptors (Lipinski definition) is 4. The summed E-state index contributed by atoms with van der Waals surface area (Å²) >= 11 is 6.00. The zero-order chi connectivity index (χ0) is 30.7. The van der Waals surface area contributed by atoms with Gasteiger partial charge in [0.2, 0.25) is 0 Å². The minimum absolute atomic E-state index is 0.521. The van der Waals surface area contributed by atoms with E-state index in [1.165, 1.54) is 18.4 Å². The van der Waals surface area contributed by atoms with Crippen molar-refractivity contribution in [2.24, 2.45) is 5.92 Å². The molecular formula is C34H61ClN2O2. The van der Waals surface area contributed by atoms with Crippen LogP contribution < -0.4 is 10.6 Å². The minimum Gasteiger partial charge on any atom is -0.494 e. The van der Waals surface area contributed by atoms with E-state index < -0.39 is 0 Å². The Kier molecular flexibility index (Phi) is 42.9. The molecule has 0 heterocycles. The molecule has 39 heavy (non-hydrogen) atoms. The number of halogens is 1. The summed E-state index contributed by atoms with van der Waals surface area (Å²) in [4.78, 5) is 9.62. The maximum absolute atomic E-state index is 9.62. The van der Waals surface area contributed by atoms with Crippen LogP contribution in [0, 0.1) is 18.3 Å². The highest BCUT2D eigenvalue weighted by molar-refractivity contribution is 6.29. The second-order valence-electron chi connectivity index (χ2n) is 9.16. The van der Waals surface area contributed by atoms with Gasteiger partial charge in [0.25, 0.3) is 0 Å². The maximum atomic E-state index is 9.62. The monoisotopic (exact) mass is 564 g/mol. The topological polar surface area (TPSA) is 50.4 Å². The van der Waals surface area contributed by atoms with Crippen LogP contribution in [0.4, 0.5) is 0 Å². The van der Waals surface area contributed by atoms with E-state index in [9.17, 15) is 4.79 Å². The van der Waals surface area contributed by atoms with E-state index in [2.05, 4.69) is 75.5 Å². The summed E-state index contributed by atoms with van der Waals surface area (Å²) in [5.41, 5.74) is 1.33. The van der Waals surface area contributed by atoms with E-state index in [0.717, 1.165) is 55.9 Å². The zero-order valence-electron chi connectivity index (χ0n) is 26.7. The lowest BCUT2D eigenvalue weighted by Crippen LogP contribution is -2.28. The second kappa shape index (κ2) is 38.1. The normalized spacial score (nSPS) is 12.2. The van der Waals surface area contributed by atoms with Gasteiger partial charge >= 0.3 is 0 Å². The fraction of sp³-hybridized carbons (Fsp3) is 0.618. The summed E-state index contributed by atoms with van der Waals surface area (Å²) in [6, 6.07) is 0.521. The highest BCUT2D eigenvalue weighted by Gasteiger charge is 2.08. The number of rotatable bonds is 18. The van der Waals surface area contributed by atoms with Crippen LogP contribution in [0.25, 0.3) is 0 Å². The first kappa shape index (κ1) is 44.0. The number of ether oxygens (including phenoxy) is 1. The van der Waals surface area contributed by atoms with Crippen LogP contribution >= 0.6 is 11.6 Å². The molecule has 0 rings (SSSR count). The third kappa shape index (κ3) is 40.6. The largest absolute Gasteiger partial charge is 0.494 e. The van der Waals surface area contributed by atoms with Crippen molar-refractivity contribution in [3.05, 3.63) is 59.4 Å². The Morgan fingerprint density at radius 2 is 1.69 bits per heavy atom. The first-order valence-corrected chi connectivity index (χ1v) is 14.8. The molecule has 5 heteroatoms. The maximum Gasteiger partial charge on any atom is 0.120 e. The first-order chi connectivity index (χ1) is 18.7. The highest BCUT2D eigenvalue weighted by atomic mass is 35.5. The molecular weight excluding hydrogens is 504 g/mol. The molecule has 0 aromatic heterocycles. The Hall–Kier alpha value is -2.06. The molecule has 0 aromatic rings. The van der Waals surface area contributed by atoms with Gasteiger partial charge in [-0.3, -0.25) is 0 Å². The number of carbonyl (C=O) groups excluding carboxylic acids is 1. The predicted molar refractivity (Wildman–Crippen MR) is 177 cm³/mol. The lowest BCUT2D eigenvalue weighted by atomic mass is 10.1. The van der Waals surface area contributed by atoms with Crippen LogP contribution in [0.2, 0.25) is 0 Å². The highest BCUT2D eigenvalue weighted by Crippen LogP contribution is 2.16. The summed E-state index contributed by atoms with van der Waals surface area (Å²) in [6.07, 6.45) is 24.4. The van der Waals surface area contributed by atoms with Crippen molar-refractivity contribution >= 4 is 17.9 Å². The molecule has 2 N–H and O–H groups in total.